The molecule has 6 nitrogen and oxygen atoms in total. The second-order valence-electron chi connectivity index (χ2n) is 7.20. The van der Waals surface area contributed by atoms with E-state index in [-0.39, 0.29) is 17.0 Å². The fourth-order valence-electron chi connectivity index (χ4n) is 3.10. The minimum Gasteiger partial charge on any atom is -0.338 e. The van der Waals surface area contributed by atoms with Crippen molar-refractivity contribution < 1.29 is 9.72 Å². The summed E-state index contributed by atoms with van der Waals surface area (Å²) in [6.07, 6.45) is 0.967. The maximum atomic E-state index is 12.6. The van der Waals surface area contributed by atoms with Crippen LogP contribution in [0.3, 0.4) is 0 Å². The summed E-state index contributed by atoms with van der Waals surface area (Å²) < 4.78 is 0. The molecule has 23 heavy (non-hydrogen) atoms. The first kappa shape index (κ1) is 17.4. The number of likely N-dealkylation sites (tertiary alicyclic amines) is 1. The van der Waals surface area contributed by atoms with Gasteiger partial charge >= 0.3 is 0 Å². The van der Waals surface area contributed by atoms with Crippen LogP contribution < -0.4 is 5.32 Å². The molecule has 0 aromatic heterocycles. The number of amides is 1. The minimum absolute atomic E-state index is 0.0225. The van der Waals surface area contributed by atoms with E-state index in [1.165, 1.54) is 6.07 Å². The van der Waals surface area contributed by atoms with Crippen LogP contribution in [0.5, 0.6) is 0 Å². The molecule has 1 atom stereocenters. The van der Waals surface area contributed by atoms with Gasteiger partial charge in [-0.05, 0) is 37.4 Å². The molecule has 0 saturated carbocycles. The number of nitro groups is 1. The lowest BCUT2D eigenvalue weighted by atomic mass is 9.85. The molecule has 1 amide bonds. The number of benzene rings is 1. The quantitative estimate of drug-likeness (QED) is 0.683. The average Bonchev–Trinajstić information content (AvgIpc) is 2.94. The molecule has 0 spiro atoms. The van der Waals surface area contributed by atoms with Crippen LogP contribution in [-0.2, 0) is 5.41 Å². The lowest BCUT2D eigenvalue weighted by Crippen LogP contribution is -2.30. The SMILES string of the molecule is CNCC1CCN(C(=O)c2ccc(C(C)(C)C)c([N+](=O)[O-])c2)C1. The second-order valence-corrected chi connectivity index (χ2v) is 7.20. The van der Waals surface area contributed by atoms with Crippen molar-refractivity contribution >= 4 is 11.6 Å². The van der Waals surface area contributed by atoms with E-state index in [0.29, 0.717) is 30.1 Å². The first-order valence-corrected chi connectivity index (χ1v) is 7.97. The van der Waals surface area contributed by atoms with Crippen LogP contribution in [0.1, 0.15) is 43.1 Å². The number of nitrogens with zero attached hydrogens (tertiary/aromatic N) is 2. The van der Waals surface area contributed by atoms with Crippen molar-refractivity contribution in [1.29, 1.82) is 0 Å². The molecule has 1 heterocycles. The van der Waals surface area contributed by atoms with Crippen molar-refractivity contribution in [3.63, 3.8) is 0 Å². The molecule has 1 N–H and O–H groups in total. The highest BCUT2D eigenvalue weighted by Gasteiger charge is 2.30. The summed E-state index contributed by atoms with van der Waals surface area (Å²) in [5.41, 5.74) is 0.729. The Morgan fingerprint density at radius 2 is 2.13 bits per heavy atom. The van der Waals surface area contributed by atoms with Gasteiger partial charge in [-0.3, -0.25) is 14.9 Å². The van der Waals surface area contributed by atoms with Crippen LogP contribution in [-0.4, -0.2) is 42.4 Å². The Hall–Kier alpha value is -1.95. The van der Waals surface area contributed by atoms with Crippen LogP contribution >= 0.6 is 0 Å². The Bertz CT molecular complexity index is 608. The third kappa shape index (κ3) is 3.88. The third-order valence-electron chi connectivity index (χ3n) is 4.32. The number of nitro benzene ring substituents is 1. The maximum absolute atomic E-state index is 12.6. The highest BCUT2D eigenvalue weighted by atomic mass is 16.6. The van der Waals surface area contributed by atoms with E-state index in [4.69, 9.17) is 0 Å². The Morgan fingerprint density at radius 1 is 1.43 bits per heavy atom. The summed E-state index contributed by atoms with van der Waals surface area (Å²) in [7, 11) is 1.90. The van der Waals surface area contributed by atoms with Gasteiger partial charge in [0.1, 0.15) is 0 Å². The molecular formula is C17H25N3O3. The number of hydrogen-bond acceptors (Lipinski definition) is 4. The zero-order chi connectivity index (χ0) is 17.2. The van der Waals surface area contributed by atoms with E-state index in [2.05, 4.69) is 5.32 Å². The molecule has 1 unspecified atom stereocenters. The Kier molecular flexibility index (Phi) is 5.04. The fraction of sp³-hybridized carbons (Fsp3) is 0.588. The summed E-state index contributed by atoms with van der Waals surface area (Å²) in [5, 5.41) is 14.5. The Balaban J connectivity index is 2.25. The molecule has 1 aromatic carbocycles. The number of nitrogens with one attached hydrogen (secondary N) is 1. The van der Waals surface area contributed by atoms with Crippen LogP contribution in [0.2, 0.25) is 0 Å². The van der Waals surface area contributed by atoms with Crippen molar-refractivity contribution in [3.8, 4) is 0 Å². The normalized spacial score (nSPS) is 18.3. The van der Waals surface area contributed by atoms with Gasteiger partial charge in [-0.15, -0.1) is 0 Å². The number of hydrogen-bond donors (Lipinski definition) is 1. The molecule has 0 radical (unpaired) electrons. The highest BCUT2D eigenvalue weighted by Crippen LogP contribution is 2.32. The maximum Gasteiger partial charge on any atom is 0.273 e. The molecule has 1 fully saturated rings. The molecule has 1 aliphatic heterocycles. The lowest BCUT2D eigenvalue weighted by Gasteiger charge is -2.20. The van der Waals surface area contributed by atoms with E-state index in [0.717, 1.165) is 13.0 Å². The van der Waals surface area contributed by atoms with Crippen LogP contribution in [0.4, 0.5) is 5.69 Å². The Morgan fingerprint density at radius 3 is 2.70 bits per heavy atom. The third-order valence-corrected chi connectivity index (χ3v) is 4.32. The van der Waals surface area contributed by atoms with Crippen molar-refractivity contribution in [1.82, 2.24) is 10.2 Å². The topological polar surface area (TPSA) is 75.5 Å². The van der Waals surface area contributed by atoms with E-state index >= 15 is 0 Å². The average molecular weight is 319 g/mol. The lowest BCUT2D eigenvalue weighted by molar-refractivity contribution is -0.386. The summed E-state index contributed by atoms with van der Waals surface area (Å²) in [4.78, 5) is 25.4. The smallest absolute Gasteiger partial charge is 0.273 e. The van der Waals surface area contributed by atoms with E-state index < -0.39 is 4.92 Å². The minimum atomic E-state index is -0.398. The number of carbonyl (C=O) groups excluding carboxylic acids is 1. The van der Waals surface area contributed by atoms with Gasteiger partial charge in [0.15, 0.2) is 0 Å². The van der Waals surface area contributed by atoms with Crippen molar-refractivity contribution in [3.05, 3.63) is 39.4 Å². The number of rotatable bonds is 4. The molecule has 6 heteroatoms. The molecule has 1 saturated heterocycles. The zero-order valence-electron chi connectivity index (χ0n) is 14.3. The van der Waals surface area contributed by atoms with Gasteiger partial charge < -0.3 is 10.2 Å². The first-order valence-electron chi connectivity index (χ1n) is 7.97. The summed E-state index contributed by atoms with van der Waals surface area (Å²) in [5.74, 6) is 0.333. The molecule has 0 aliphatic carbocycles. The number of carbonyl (C=O) groups is 1. The predicted octanol–water partition coefficient (Wildman–Crippen LogP) is 2.57. The second kappa shape index (κ2) is 6.66. The van der Waals surface area contributed by atoms with E-state index in [9.17, 15) is 14.9 Å². The van der Waals surface area contributed by atoms with Gasteiger partial charge in [-0.1, -0.05) is 26.8 Å². The fourth-order valence-corrected chi connectivity index (χ4v) is 3.10. The van der Waals surface area contributed by atoms with Crippen molar-refractivity contribution in [2.24, 2.45) is 5.92 Å². The van der Waals surface area contributed by atoms with Crippen LogP contribution in [0.15, 0.2) is 18.2 Å². The molecular weight excluding hydrogens is 294 g/mol. The highest BCUT2D eigenvalue weighted by molar-refractivity contribution is 5.95. The van der Waals surface area contributed by atoms with Gasteiger partial charge in [0.05, 0.1) is 4.92 Å². The van der Waals surface area contributed by atoms with Gasteiger partial charge in [-0.25, -0.2) is 0 Å². The van der Waals surface area contributed by atoms with Crippen LogP contribution in [0, 0.1) is 16.0 Å². The Labute approximate surface area is 137 Å². The predicted molar refractivity (Wildman–Crippen MR) is 89.7 cm³/mol. The molecule has 1 aromatic rings. The van der Waals surface area contributed by atoms with Gasteiger partial charge in [0.2, 0.25) is 0 Å². The van der Waals surface area contributed by atoms with Crippen molar-refractivity contribution in [2.45, 2.75) is 32.6 Å². The van der Waals surface area contributed by atoms with E-state index in [1.807, 2.05) is 27.8 Å². The first-order chi connectivity index (χ1) is 10.7. The van der Waals surface area contributed by atoms with Gasteiger partial charge in [-0.2, -0.15) is 0 Å². The molecule has 2 rings (SSSR count). The van der Waals surface area contributed by atoms with Crippen molar-refractivity contribution in [2.75, 3.05) is 26.7 Å². The molecule has 126 valence electrons. The standard InChI is InChI=1S/C17H25N3O3/c1-17(2,3)14-6-5-13(9-15(14)20(22)23)16(21)19-8-7-12(11-19)10-18-4/h5-6,9,12,18H,7-8,10-11H2,1-4H3. The largest absolute Gasteiger partial charge is 0.338 e. The van der Waals surface area contributed by atoms with Crippen LogP contribution in [0.25, 0.3) is 0 Å². The summed E-state index contributed by atoms with van der Waals surface area (Å²) >= 11 is 0. The molecule has 1 aliphatic rings. The molecule has 0 bridgehead atoms. The van der Waals surface area contributed by atoms with Gasteiger partial charge in [0, 0.05) is 30.3 Å². The van der Waals surface area contributed by atoms with Gasteiger partial charge in [0.25, 0.3) is 11.6 Å². The zero-order valence-corrected chi connectivity index (χ0v) is 14.3. The van der Waals surface area contributed by atoms with E-state index in [1.54, 1.807) is 17.0 Å². The summed E-state index contributed by atoms with van der Waals surface area (Å²) in [6, 6.07) is 4.85. The monoisotopic (exact) mass is 319 g/mol. The summed E-state index contributed by atoms with van der Waals surface area (Å²) in [6.45, 7) is 8.08.